The molecule has 4 nitrogen and oxygen atoms in total. The lowest BCUT2D eigenvalue weighted by Gasteiger charge is -2.43. The Kier molecular flexibility index (Phi) is 6.88. The number of benzene rings is 1. The molecule has 4 heteroatoms. The van der Waals surface area contributed by atoms with Crippen LogP contribution >= 0.6 is 0 Å². The largest absolute Gasteiger partial charge is 0.493 e. The highest BCUT2D eigenvalue weighted by molar-refractivity contribution is 5.29. The van der Waals surface area contributed by atoms with Gasteiger partial charge in [-0.2, -0.15) is 0 Å². The topological polar surface area (TPSA) is 41.7 Å². The van der Waals surface area contributed by atoms with E-state index in [0.29, 0.717) is 24.5 Å². The fourth-order valence-electron chi connectivity index (χ4n) is 3.31. The minimum absolute atomic E-state index is 0.295. The van der Waals surface area contributed by atoms with Gasteiger partial charge in [0.1, 0.15) is 5.75 Å². The Balaban J connectivity index is 2.03. The number of hydrogen-bond acceptors (Lipinski definition) is 4. The fourth-order valence-corrected chi connectivity index (χ4v) is 3.31. The Labute approximate surface area is 141 Å². The fraction of sp³-hybridized carbons (Fsp3) is 0.684. The maximum absolute atomic E-state index is 6.11. The van der Waals surface area contributed by atoms with E-state index in [1.165, 1.54) is 5.56 Å². The summed E-state index contributed by atoms with van der Waals surface area (Å²) in [5.41, 5.74) is 7.41. The minimum atomic E-state index is 0.295. The molecule has 1 aromatic carbocycles. The molecule has 0 aliphatic carbocycles. The van der Waals surface area contributed by atoms with Crippen molar-refractivity contribution >= 4 is 0 Å². The molecular weight excluding hydrogens is 286 g/mol. The summed E-state index contributed by atoms with van der Waals surface area (Å²) in [6, 6.07) is 9.33. The van der Waals surface area contributed by atoms with Crippen molar-refractivity contribution in [2.45, 2.75) is 39.8 Å². The molecule has 0 amide bonds. The first-order valence-corrected chi connectivity index (χ1v) is 8.96. The van der Waals surface area contributed by atoms with Crippen LogP contribution in [0.1, 0.15) is 39.3 Å². The Morgan fingerprint density at radius 3 is 2.43 bits per heavy atom. The molecule has 0 radical (unpaired) electrons. The molecule has 1 aliphatic heterocycles. The summed E-state index contributed by atoms with van der Waals surface area (Å²) in [7, 11) is 0. The SMILES string of the molecule is CCN1CCN(C(CN)c2ccc(OCC(C)C)cc2)C(C)C1. The van der Waals surface area contributed by atoms with Crippen molar-refractivity contribution in [3.05, 3.63) is 29.8 Å². The number of nitrogens with two attached hydrogens (primary N) is 1. The Bertz CT molecular complexity index is 460. The summed E-state index contributed by atoms with van der Waals surface area (Å²) >= 11 is 0. The van der Waals surface area contributed by atoms with E-state index in [-0.39, 0.29) is 0 Å². The van der Waals surface area contributed by atoms with Gasteiger partial charge in [-0.3, -0.25) is 4.90 Å². The molecule has 2 rings (SSSR count). The van der Waals surface area contributed by atoms with E-state index in [1.54, 1.807) is 0 Å². The lowest BCUT2D eigenvalue weighted by atomic mass is 10.0. The quantitative estimate of drug-likeness (QED) is 0.839. The maximum Gasteiger partial charge on any atom is 0.119 e. The van der Waals surface area contributed by atoms with Gasteiger partial charge in [0.25, 0.3) is 0 Å². The molecule has 0 spiro atoms. The highest BCUT2D eigenvalue weighted by Crippen LogP contribution is 2.26. The third kappa shape index (κ3) is 4.93. The Hall–Kier alpha value is -1.10. The van der Waals surface area contributed by atoms with Crippen LogP contribution in [0.25, 0.3) is 0 Å². The summed E-state index contributed by atoms with van der Waals surface area (Å²) in [5.74, 6) is 1.49. The van der Waals surface area contributed by atoms with Crippen LogP contribution in [-0.4, -0.2) is 55.2 Å². The van der Waals surface area contributed by atoms with Crippen LogP contribution in [0.4, 0.5) is 0 Å². The van der Waals surface area contributed by atoms with Gasteiger partial charge in [-0.1, -0.05) is 32.9 Å². The molecule has 23 heavy (non-hydrogen) atoms. The molecule has 1 aromatic rings. The van der Waals surface area contributed by atoms with E-state index in [2.05, 4.69) is 61.8 Å². The van der Waals surface area contributed by atoms with Gasteiger partial charge in [0.05, 0.1) is 6.61 Å². The molecule has 2 N–H and O–H groups in total. The van der Waals surface area contributed by atoms with Gasteiger partial charge in [0.15, 0.2) is 0 Å². The molecule has 1 heterocycles. The predicted molar refractivity (Wildman–Crippen MR) is 96.9 cm³/mol. The zero-order valence-corrected chi connectivity index (χ0v) is 15.2. The zero-order chi connectivity index (χ0) is 16.8. The van der Waals surface area contributed by atoms with Gasteiger partial charge in [0, 0.05) is 38.3 Å². The lowest BCUT2D eigenvalue weighted by Crippen LogP contribution is -2.53. The number of piperazine rings is 1. The molecule has 0 bridgehead atoms. The standard InChI is InChI=1S/C19H33N3O/c1-5-21-10-11-22(16(4)13-21)19(12-20)17-6-8-18(9-7-17)23-14-15(2)3/h6-9,15-16,19H,5,10-14,20H2,1-4H3. The van der Waals surface area contributed by atoms with E-state index in [9.17, 15) is 0 Å². The van der Waals surface area contributed by atoms with E-state index in [4.69, 9.17) is 10.5 Å². The van der Waals surface area contributed by atoms with Crippen molar-refractivity contribution in [3.63, 3.8) is 0 Å². The molecule has 2 unspecified atom stereocenters. The van der Waals surface area contributed by atoms with Crippen molar-refractivity contribution in [3.8, 4) is 5.75 Å². The van der Waals surface area contributed by atoms with E-state index < -0.39 is 0 Å². The third-order valence-corrected chi connectivity index (χ3v) is 4.68. The second-order valence-corrected chi connectivity index (χ2v) is 7.01. The van der Waals surface area contributed by atoms with Crippen LogP contribution in [0.15, 0.2) is 24.3 Å². The first-order chi connectivity index (χ1) is 11.0. The first-order valence-electron chi connectivity index (χ1n) is 8.96. The minimum Gasteiger partial charge on any atom is -0.493 e. The summed E-state index contributed by atoms with van der Waals surface area (Å²) in [6.45, 7) is 14.8. The monoisotopic (exact) mass is 319 g/mol. The number of hydrogen-bond donors (Lipinski definition) is 1. The van der Waals surface area contributed by atoms with E-state index >= 15 is 0 Å². The van der Waals surface area contributed by atoms with E-state index in [1.807, 2.05) is 0 Å². The van der Waals surface area contributed by atoms with Crippen molar-refractivity contribution in [2.75, 3.05) is 39.3 Å². The highest BCUT2D eigenvalue weighted by Gasteiger charge is 2.28. The first kappa shape index (κ1) is 18.2. The van der Waals surface area contributed by atoms with Crippen molar-refractivity contribution in [1.82, 2.24) is 9.80 Å². The molecule has 0 aromatic heterocycles. The Morgan fingerprint density at radius 1 is 1.22 bits per heavy atom. The van der Waals surface area contributed by atoms with Gasteiger partial charge in [-0.15, -0.1) is 0 Å². The van der Waals surface area contributed by atoms with Gasteiger partial charge in [-0.25, -0.2) is 0 Å². The van der Waals surface area contributed by atoms with Crippen LogP contribution in [-0.2, 0) is 0 Å². The summed E-state index contributed by atoms with van der Waals surface area (Å²) in [4.78, 5) is 5.06. The molecular formula is C19H33N3O. The molecule has 0 saturated carbocycles. The molecule has 130 valence electrons. The zero-order valence-electron chi connectivity index (χ0n) is 15.2. The molecule has 2 atom stereocenters. The smallest absolute Gasteiger partial charge is 0.119 e. The summed E-state index contributed by atoms with van der Waals surface area (Å²) in [6.07, 6.45) is 0. The number of ether oxygens (including phenoxy) is 1. The molecule has 1 saturated heterocycles. The Morgan fingerprint density at radius 2 is 1.91 bits per heavy atom. The second-order valence-electron chi connectivity index (χ2n) is 7.01. The van der Waals surface area contributed by atoms with Crippen LogP contribution in [0, 0.1) is 5.92 Å². The van der Waals surface area contributed by atoms with Gasteiger partial charge < -0.3 is 15.4 Å². The van der Waals surface area contributed by atoms with E-state index in [0.717, 1.165) is 38.5 Å². The third-order valence-electron chi connectivity index (χ3n) is 4.68. The highest BCUT2D eigenvalue weighted by atomic mass is 16.5. The van der Waals surface area contributed by atoms with Crippen LogP contribution < -0.4 is 10.5 Å². The lowest BCUT2D eigenvalue weighted by molar-refractivity contribution is 0.0536. The predicted octanol–water partition coefficient (Wildman–Crippen LogP) is 2.75. The maximum atomic E-state index is 6.11. The van der Waals surface area contributed by atoms with Gasteiger partial charge in [-0.05, 0) is 37.1 Å². The number of rotatable bonds is 7. The van der Waals surface area contributed by atoms with Crippen molar-refractivity contribution in [1.29, 1.82) is 0 Å². The van der Waals surface area contributed by atoms with Crippen molar-refractivity contribution in [2.24, 2.45) is 11.7 Å². The molecule has 1 aliphatic rings. The summed E-state index contributed by atoms with van der Waals surface area (Å²) in [5, 5.41) is 0. The second kappa shape index (κ2) is 8.67. The van der Waals surface area contributed by atoms with Crippen LogP contribution in [0.5, 0.6) is 5.75 Å². The average Bonchev–Trinajstić information content (AvgIpc) is 2.56. The van der Waals surface area contributed by atoms with Gasteiger partial charge >= 0.3 is 0 Å². The van der Waals surface area contributed by atoms with Crippen LogP contribution in [0.2, 0.25) is 0 Å². The molecule has 1 fully saturated rings. The average molecular weight is 319 g/mol. The number of likely N-dealkylation sites (N-methyl/N-ethyl adjacent to an activating group) is 1. The summed E-state index contributed by atoms with van der Waals surface area (Å²) < 4.78 is 5.78. The van der Waals surface area contributed by atoms with Crippen molar-refractivity contribution < 1.29 is 4.74 Å². The number of nitrogens with zero attached hydrogens (tertiary/aromatic N) is 2. The van der Waals surface area contributed by atoms with Gasteiger partial charge in [0.2, 0.25) is 0 Å². The van der Waals surface area contributed by atoms with Crippen LogP contribution in [0.3, 0.4) is 0 Å². The normalized spacial score (nSPS) is 21.6.